The summed E-state index contributed by atoms with van der Waals surface area (Å²) in [7, 11) is 0. The third-order valence-corrected chi connectivity index (χ3v) is 3.77. The number of hydrogen-bond acceptors (Lipinski definition) is 5. The maximum absolute atomic E-state index is 13.0. The van der Waals surface area contributed by atoms with Gasteiger partial charge in [-0.2, -0.15) is 0 Å². The van der Waals surface area contributed by atoms with Gasteiger partial charge in [0.15, 0.2) is 12.4 Å². The Bertz CT molecular complexity index is 844. The molecule has 1 atom stereocenters. The second-order valence-corrected chi connectivity index (χ2v) is 7.43. The lowest BCUT2D eigenvalue weighted by molar-refractivity contribution is -0.145. The average Bonchev–Trinajstić information content (AvgIpc) is 2.65. The third kappa shape index (κ3) is 7.73. The average molecular weight is 401 g/mol. The molecule has 0 heterocycles. The van der Waals surface area contributed by atoms with Gasteiger partial charge in [-0.05, 0) is 50.6 Å². The van der Waals surface area contributed by atoms with Crippen molar-refractivity contribution in [3.05, 3.63) is 71.5 Å². The zero-order valence-corrected chi connectivity index (χ0v) is 16.6. The molecular weight excluding hydrogens is 377 g/mol. The summed E-state index contributed by atoms with van der Waals surface area (Å²) in [5.41, 5.74) is 0.290. The molecule has 29 heavy (non-hydrogen) atoms. The fourth-order valence-electron chi connectivity index (χ4n) is 2.45. The highest BCUT2D eigenvalue weighted by Crippen LogP contribution is 2.10. The van der Waals surface area contributed by atoms with Crippen molar-refractivity contribution >= 4 is 17.8 Å². The molecule has 7 heteroatoms. The smallest absolute Gasteiger partial charge is 0.408 e. The number of Topliss-reactive ketones (excluding diaryl/α,β-unsaturated/α-hetero) is 1. The summed E-state index contributed by atoms with van der Waals surface area (Å²) in [5.74, 6) is -1.72. The number of rotatable bonds is 7. The molecule has 1 amide bonds. The molecule has 6 nitrogen and oxygen atoms in total. The van der Waals surface area contributed by atoms with Gasteiger partial charge >= 0.3 is 12.1 Å². The molecule has 0 unspecified atom stereocenters. The first-order chi connectivity index (χ1) is 13.6. The number of ether oxygens (including phenoxy) is 2. The minimum atomic E-state index is -1.03. The van der Waals surface area contributed by atoms with Crippen LogP contribution in [0.3, 0.4) is 0 Å². The van der Waals surface area contributed by atoms with Crippen LogP contribution in [0.4, 0.5) is 9.18 Å². The molecule has 0 saturated heterocycles. The maximum Gasteiger partial charge on any atom is 0.408 e. The summed E-state index contributed by atoms with van der Waals surface area (Å²) in [4.78, 5) is 36.8. The molecule has 2 rings (SSSR count). The molecule has 1 N–H and O–H groups in total. The van der Waals surface area contributed by atoms with E-state index in [2.05, 4.69) is 5.32 Å². The quantitative estimate of drug-likeness (QED) is 0.565. The normalized spacial score (nSPS) is 12.0. The van der Waals surface area contributed by atoms with Crippen molar-refractivity contribution in [1.82, 2.24) is 5.32 Å². The number of hydrogen-bond donors (Lipinski definition) is 1. The molecule has 0 saturated carbocycles. The number of carbonyl (C=O) groups is 3. The first-order valence-corrected chi connectivity index (χ1v) is 9.13. The van der Waals surface area contributed by atoms with Gasteiger partial charge in [-0.15, -0.1) is 0 Å². The fourth-order valence-corrected chi connectivity index (χ4v) is 2.45. The fraction of sp³-hybridized carbons (Fsp3) is 0.318. The predicted octanol–water partition coefficient (Wildman–Crippen LogP) is 3.69. The van der Waals surface area contributed by atoms with Crippen LogP contribution in [-0.2, 0) is 20.7 Å². The molecule has 2 aromatic rings. The molecule has 0 bridgehead atoms. The number of alkyl carbamates (subject to hydrolysis) is 1. The van der Waals surface area contributed by atoms with Crippen molar-refractivity contribution < 1.29 is 28.2 Å². The van der Waals surface area contributed by atoms with Crippen LogP contribution in [0.15, 0.2) is 54.6 Å². The van der Waals surface area contributed by atoms with Gasteiger partial charge in [-0.25, -0.2) is 14.0 Å². The Balaban J connectivity index is 2.03. The Morgan fingerprint density at radius 3 is 2.21 bits per heavy atom. The topological polar surface area (TPSA) is 81.7 Å². The number of carbonyl (C=O) groups excluding carboxylic acids is 3. The largest absolute Gasteiger partial charge is 0.456 e. The molecular formula is C22H24FNO5. The van der Waals surface area contributed by atoms with Gasteiger partial charge in [0.2, 0.25) is 0 Å². The summed E-state index contributed by atoms with van der Waals surface area (Å²) < 4.78 is 23.3. The summed E-state index contributed by atoms with van der Waals surface area (Å²) >= 11 is 0. The van der Waals surface area contributed by atoms with Crippen LogP contribution in [0.25, 0.3) is 0 Å². The van der Waals surface area contributed by atoms with Crippen LogP contribution in [0, 0.1) is 5.82 Å². The van der Waals surface area contributed by atoms with E-state index < -0.39 is 41.9 Å². The Labute approximate surface area is 169 Å². The molecule has 0 fully saturated rings. The standard InChI is InChI=1S/C22H24FNO5/c1-22(2,3)29-21(27)24-18(13-15-7-5-4-6-8-15)20(26)28-14-19(25)16-9-11-17(23)12-10-16/h4-12,18H,13-14H2,1-3H3,(H,24,27)/t18-/m0/s1. The zero-order valence-electron chi connectivity index (χ0n) is 16.6. The van der Waals surface area contributed by atoms with Crippen molar-refractivity contribution in [1.29, 1.82) is 0 Å². The first-order valence-electron chi connectivity index (χ1n) is 9.13. The molecule has 2 aromatic carbocycles. The van der Waals surface area contributed by atoms with Crippen LogP contribution in [-0.4, -0.2) is 36.1 Å². The van der Waals surface area contributed by atoms with Crippen molar-refractivity contribution in [2.24, 2.45) is 0 Å². The third-order valence-electron chi connectivity index (χ3n) is 3.77. The van der Waals surface area contributed by atoms with Gasteiger partial charge in [0.25, 0.3) is 0 Å². The van der Waals surface area contributed by atoms with Crippen LogP contribution in [0.1, 0.15) is 36.7 Å². The number of nitrogens with one attached hydrogen (secondary N) is 1. The SMILES string of the molecule is CC(C)(C)OC(=O)N[C@@H](Cc1ccccc1)C(=O)OCC(=O)c1ccc(F)cc1. The van der Waals surface area contributed by atoms with Crippen LogP contribution in [0.2, 0.25) is 0 Å². The monoisotopic (exact) mass is 401 g/mol. The zero-order chi connectivity index (χ0) is 21.4. The molecule has 0 aliphatic carbocycles. The van der Waals surface area contributed by atoms with Crippen LogP contribution in [0.5, 0.6) is 0 Å². The van der Waals surface area contributed by atoms with E-state index in [1.807, 2.05) is 18.2 Å². The van der Waals surface area contributed by atoms with Gasteiger partial charge in [0.1, 0.15) is 17.5 Å². The summed E-state index contributed by atoms with van der Waals surface area (Å²) in [6.07, 6.45) is -0.593. The number of amides is 1. The van der Waals surface area contributed by atoms with E-state index in [1.165, 1.54) is 12.1 Å². The second-order valence-electron chi connectivity index (χ2n) is 7.43. The second kappa shape index (κ2) is 9.82. The van der Waals surface area contributed by atoms with E-state index in [1.54, 1.807) is 32.9 Å². The summed E-state index contributed by atoms with van der Waals surface area (Å²) in [6.45, 7) is 4.60. The van der Waals surface area contributed by atoms with E-state index in [4.69, 9.17) is 9.47 Å². The molecule has 0 spiro atoms. The Hall–Kier alpha value is -3.22. The highest BCUT2D eigenvalue weighted by Gasteiger charge is 2.26. The molecule has 154 valence electrons. The maximum atomic E-state index is 13.0. The Kier molecular flexibility index (Phi) is 7.47. The first kappa shape index (κ1) is 22.1. The molecule has 0 aromatic heterocycles. The van der Waals surface area contributed by atoms with Gasteiger partial charge < -0.3 is 14.8 Å². The van der Waals surface area contributed by atoms with Gasteiger partial charge in [-0.3, -0.25) is 4.79 Å². The van der Waals surface area contributed by atoms with E-state index in [9.17, 15) is 18.8 Å². The van der Waals surface area contributed by atoms with Gasteiger partial charge in [-0.1, -0.05) is 30.3 Å². The number of esters is 1. The number of benzene rings is 2. The van der Waals surface area contributed by atoms with Crippen LogP contribution >= 0.6 is 0 Å². The minimum Gasteiger partial charge on any atom is -0.456 e. The van der Waals surface area contributed by atoms with Crippen molar-refractivity contribution in [2.75, 3.05) is 6.61 Å². The van der Waals surface area contributed by atoms with E-state index >= 15 is 0 Å². The Morgan fingerprint density at radius 1 is 1.00 bits per heavy atom. The van der Waals surface area contributed by atoms with E-state index in [-0.39, 0.29) is 12.0 Å². The van der Waals surface area contributed by atoms with E-state index in [0.717, 1.165) is 17.7 Å². The van der Waals surface area contributed by atoms with Gasteiger partial charge in [0.05, 0.1) is 0 Å². The lowest BCUT2D eigenvalue weighted by Crippen LogP contribution is -2.45. The van der Waals surface area contributed by atoms with Crippen LogP contribution < -0.4 is 5.32 Å². The lowest BCUT2D eigenvalue weighted by Gasteiger charge is -2.23. The Morgan fingerprint density at radius 2 is 1.62 bits per heavy atom. The minimum absolute atomic E-state index is 0.170. The van der Waals surface area contributed by atoms with E-state index in [0.29, 0.717) is 0 Å². The summed E-state index contributed by atoms with van der Waals surface area (Å²) in [5, 5.41) is 2.50. The number of ketones is 1. The van der Waals surface area contributed by atoms with Crippen molar-refractivity contribution in [3.63, 3.8) is 0 Å². The highest BCUT2D eigenvalue weighted by atomic mass is 19.1. The summed E-state index contributed by atoms with van der Waals surface area (Å²) in [6, 6.07) is 13.0. The van der Waals surface area contributed by atoms with Crippen molar-refractivity contribution in [2.45, 2.75) is 38.8 Å². The molecule has 0 radical (unpaired) electrons. The predicted molar refractivity (Wildman–Crippen MR) is 105 cm³/mol. The highest BCUT2D eigenvalue weighted by molar-refractivity contribution is 5.98. The van der Waals surface area contributed by atoms with Crippen molar-refractivity contribution in [3.8, 4) is 0 Å². The number of halogens is 1. The molecule has 0 aliphatic rings. The molecule has 0 aliphatic heterocycles. The van der Waals surface area contributed by atoms with Gasteiger partial charge in [0, 0.05) is 12.0 Å². The lowest BCUT2D eigenvalue weighted by atomic mass is 10.1.